The van der Waals surface area contributed by atoms with Crippen LogP contribution in [0.25, 0.3) is 0 Å². The Bertz CT molecular complexity index is 885. The van der Waals surface area contributed by atoms with Crippen LogP contribution in [0.3, 0.4) is 0 Å². The molecule has 0 fully saturated rings. The maximum Gasteiger partial charge on any atom is 0.277 e. The van der Waals surface area contributed by atoms with Crippen LogP contribution in [0.4, 0.5) is 0 Å². The second kappa shape index (κ2) is 12.9. The number of rotatable bonds is 14. The summed E-state index contributed by atoms with van der Waals surface area (Å²) in [6, 6.07) is 12.9. The molecular formula is C28H41O2P. The molecular weight excluding hydrogens is 399 g/mol. The molecule has 0 radical (unpaired) electrons. The van der Waals surface area contributed by atoms with E-state index >= 15 is 0 Å². The van der Waals surface area contributed by atoms with Gasteiger partial charge in [0.2, 0.25) is 0 Å². The lowest BCUT2D eigenvalue weighted by Gasteiger charge is -2.24. The molecule has 0 amide bonds. The van der Waals surface area contributed by atoms with Crippen molar-refractivity contribution in [3.8, 4) is 5.75 Å². The minimum absolute atomic E-state index is 0.489. The summed E-state index contributed by atoms with van der Waals surface area (Å²) < 4.78 is 20.9. The quantitative estimate of drug-likeness (QED) is 0.219. The van der Waals surface area contributed by atoms with Crippen molar-refractivity contribution in [2.24, 2.45) is 0 Å². The molecule has 0 N–H and O–H groups in total. The zero-order valence-electron chi connectivity index (χ0n) is 20.1. The minimum atomic E-state index is -3.07. The van der Waals surface area contributed by atoms with Crippen molar-refractivity contribution in [3.63, 3.8) is 0 Å². The molecule has 0 aromatic heterocycles. The third kappa shape index (κ3) is 7.11. The lowest BCUT2D eigenvalue weighted by atomic mass is 10.0. The van der Waals surface area contributed by atoms with Crippen LogP contribution in [0.5, 0.6) is 5.75 Å². The first kappa shape index (κ1) is 25.5. The molecule has 1 unspecified atom stereocenters. The van der Waals surface area contributed by atoms with E-state index in [-0.39, 0.29) is 0 Å². The third-order valence-electron chi connectivity index (χ3n) is 5.63. The van der Waals surface area contributed by atoms with E-state index in [9.17, 15) is 4.57 Å². The average Bonchev–Trinajstić information content (AvgIpc) is 2.75. The van der Waals surface area contributed by atoms with Crippen LogP contribution in [0.1, 0.15) is 82.1 Å². The summed E-state index contributed by atoms with van der Waals surface area (Å²) in [7, 11) is -3.07. The van der Waals surface area contributed by atoms with Gasteiger partial charge >= 0.3 is 0 Å². The molecule has 2 nitrogen and oxygen atoms in total. The van der Waals surface area contributed by atoms with E-state index in [1.54, 1.807) is 0 Å². The molecule has 2 aromatic carbocycles. The van der Waals surface area contributed by atoms with E-state index in [4.69, 9.17) is 4.52 Å². The van der Waals surface area contributed by atoms with Gasteiger partial charge in [-0.2, -0.15) is 0 Å². The summed E-state index contributed by atoms with van der Waals surface area (Å²) in [6.45, 7) is 12.6. The van der Waals surface area contributed by atoms with Gasteiger partial charge in [-0.3, -0.25) is 4.57 Å². The Morgan fingerprint density at radius 1 is 0.806 bits per heavy atom. The number of hydrogen-bond acceptors (Lipinski definition) is 2. The Morgan fingerprint density at radius 2 is 1.35 bits per heavy atom. The zero-order chi connectivity index (χ0) is 22.7. The fourth-order valence-electron chi connectivity index (χ4n) is 4.15. The second-order valence-electron chi connectivity index (χ2n) is 8.47. The standard InChI is InChI=1S/C28H41O2P/c1-6-11-20-31(29,28-19-17-24(13-8-3)22-26(28)15-10-5)30-27-18-16-23(12-7-2)21-25(27)14-9-4/h6,16-19,21-22H,1,7-15,20H2,2-5H3. The molecule has 0 heterocycles. The van der Waals surface area contributed by atoms with Crippen LogP contribution in [-0.2, 0) is 30.2 Å². The molecule has 0 saturated carbocycles. The van der Waals surface area contributed by atoms with E-state index < -0.39 is 7.37 Å². The number of allylic oxidation sites excluding steroid dienone is 1. The molecule has 0 aliphatic rings. The van der Waals surface area contributed by atoms with Crippen molar-refractivity contribution < 1.29 is 9.09 Å². The molecule has 0 spiro atoms. The highest BCUT2D eigenvalue weighted by molar-refractivity contribution is 7.67. The van der Waals surface area contributed by atoms with E-state index in [0.29, 0.717) is 12.6 Å². The number of aryl methyl sites for hydroxylation is 4. The first-order chi connectivity index (χ1) is 15.0. The van der Waals surface area contributed by atoms with E-state index in [0.717, 1.165) is 62.4 Å². The summed E-state index contributed by atoms with van der Waals surface area (Å²) in [6.07, 6.45) is 11.3. The van der Waals surface area contributed by atoms with Crippen LogP contribution >= 0.6 is 7.37 Å². The van der Waals surface area contributed by atoms with Gasteiger partial charge in [0.25, 0.3) is 7.37 Å². The number of hydrogen-bond donors (Lipinski definition) is 0. The summed E-state index contributed by atoms with van der Waals surface area (Å²) in [5, 5.41) is 0.899. The predicted octanol–water partition coefficient (Wildman–Crippen LogP) is 8.06. The molecule has 0 bridgehead atoms. The summed E-state index contributed by atoms with van der Waals surface area (Å²) in [5.41, 5.74) is 5.00. The van der Waals surface area contributed by atoms with Gasteiger partial charge < -0.3 is 4.52 Å². The predicted molar refractivity (Wildman–Crippen MR) is 136 cm³/mol. The molecule has 31 heavy (non-hydrogen) atoms. The smallest absolute Gasteiger partial charge is 0.277 e. The van der Waals surface area contributed by atoms with Crippen molar-refractivity contribution in [1.29, 1.82) is 0 Å². The molecule has 2 aromatic rings. The summed E-state index contributed by atoms with van der Waals surface area (Å²) in [4.78, 5) is 0. The highest BCUT2D eigenvalue weighted by Gasteiger charge is 2.30. The van der Waals surface area contributed by atoms with Crippen molar-refractivity contribution in [2.75, 3.05) is 6.16 Å². The maximum atomic E-state index is 14.4. The summed E-state index contributed by atoms with van der Waals surface area (Å²) in [5.74, 6) is 0.786. The summed E-state index contributed by atoms with van der Waals surface area (Å²) >= 11 is 0. The van der Waals surface area contributed by atoms with Gasteiger partial charge in [-0.1, -0.05) is 83.7 Å². The van der Waals surface area contributed by atoms with Gasteiger partial charge in [-0.05, 0) is 66.5 Å². The second-order valence-corrected chi connectivity index (χ2v) is 10.9. The largest absolute Gasteiger partial charge is 0.440 e. The Balaban J connectivity index is 2.52. The lowest BCUT2D eigenvalue weighted by molar-refractivity contribution is 0.488. The number of benzene rings is 2. The fourth-order valence-corrected chi connectivity index (χ4v) is 6.52. The maximum absolute atomic E-state index is 14.4. The highest BCUT2D eigenvalue weighted by Crippen LogP contribution is 2.49. The average molecular weight is 441 g/mol. The highest BCUT2D eigenvalue weighted by atomic mass is 31.2. The molecule has 0 aliphatic carbocycles. The van der Waals surface area contributed by atoms with Crippen LogP contribution in [-0.4, -0.2) is 6.16 Å². The van der Waals surface area contributed by atoms with Gasteiger partial charge in [0.15, 0.2) is 0 Å². The topological polar surface area (TPSA) is 26.3 Å². The lowest BCUT2D eigenvalue weighted by Crippen LogP contribution is -2.18. The molecule has 170 valence electrons. The van der Waals surface area contributed by atoms with Gasteiger partial charge in [0.05, 0.1) is 5.30 Å². The van der Waals surface area contributed by atoms with Crippen molar-refractivity contribution in [2.45, 2.75) is 85.5 Å². The fraction of sp³-hybridized carbons (Fsp3) is 0.500. The Morgan fingerprint density at radius 3 is 1.94 bits per heavy atom. The van der Waals surface area contributed by atoms with E-state index in [2.05, 4.69) is 64.6 Å². The van der Waals surface area contributed by atoms with Crippen LogP contribution in [0.15, 0.2) is 49.1 Å². The van der Waals surface area contributed by atoms with Gasteiger partial charge in [0.1, 0.15) is 5.75 Å². The van der Waals surface area contributed by atoms with E-state index in [1.807, 2.05) is 12.1 Å². The third-order valence-corrected chi connectivity index (χ3v) is 8.13. The first-order valence-electron chi connectivity index (χ1n) is 12.1. The Labute approximate surface area is 190 Å². The van der Waals surface area contributed by atoms with Gasteiger partial charge in [-0.15, -0.1) is 6.58 Å². The first-order valence-corrected chi connectivity index (χ1v) is 14.0. The van der Waals surface area contributed by atoms with Gasteiger partial charge in [0, 0.05) is 6.16 Å². The normalized spacial score (nSPS) is 13.0. The van der Waals surface area contributed by atoms with Gasteiger partial charge in [-0.25, -0.2) is 0 Å². The SMILES string of the molecule is C=CCCP(=O)(Oc1ccc(CCC)cc1CCC)c1ccc(CCC)cc1CCC. The zero-order valence-corrected chi connectivity index (χ0v) is 21.0. The van der Waals surface area contributed by atoms with Crippen molar-refractivity contribution in [3.05, 3.63) is 71.3 Å². The van der Waals surface area contributed by atoms with Crippen LogP contribution < -0.4 is 9.83 Å². The molecule has 0 aliphatic heterocycles. The van der Waals surface area contributed by atoms with E-state index in [1.165, 1.54) is 22.3 Å². The molecule has 0 saturated heterocycles. The molecule has 3 heteroatoms. The minimum Gasteiger partial charge on any atom is -0.440 e. The van der Waals surface area contributed by atoms with Crippen LogP contribution in [0.2, 0.25) is 0 Å². The van der Waals surface area contributed by atoms with Crippen molar-refractivity contribution >= 4 is 12.7 Å². The Hall–Kier alpha value is -1.79. The molecule has 2 rings (SSSR count). The Kier molecular flexibility index (Phi) is 10.6. The monoisotopic (exact) mass is 440 g/mol. The van der Waals surface area contributed by atoms with Crippen LogP contribution in [0, 0.1) is 0 Å². The van der Waals surface area contributed by atoms with Crippen molar-refractivity contribution in [1.82, 2.24) is 0 Å². The molecule has 1 atom stereocenters.